The summed E-state index contributed by atoms with van der Waals surface area (Å²) >= 11 is 0. The van der Waals surface area contributed by atoms with Crippen molar-refractivity contribution >= 4 is 17.4 Å². The number of pyridine rings is 1. The quantitative estimate of drug-likeness (QED) is 0.298. The number of carbonyl (C=O) groups excluding carboxylic acids is 2. The Labute approximate surface area is 203 Å². The van der Waals surface area contributed by atoms with E-state index in [0.717, 1.165) is 5.56 Å². The zero-order chi connectivity index (χ0) is 24.9. The smallest absolute Gasteiger partial charge is 0.295 e. The lowest BCUT2D eigenvalue weighted by atomic mass is 9.94. The first-order chi connectivity index (χ1) is 17.0. The fourth-order valence-corrected chi connectivity index (χ4v) is 4.13. The molecule has 1 aliphatic heterocycles. The van der Waals surface area contributed by atoms with E-state index in [2.05, 4.69) is 4.98 Å². The summed E-state index contributed by atoms with van der Waals surface area (Å²) in [5, 5.41) is 11.3. The molecule has 2 heterocycles. The Bertz CT molecular complexity index is 1270. The van der Waals surface area contributed by atoms with Crippen LogP contribution in [-0.4, -0.2) is 47.5 Å². The van der Waals surface area contributed by atoms with Gasteiger partial charge < -0.3 is 24.2 Å². The average Bonchev–Trinajstić information content (AvgIpc) is 3.14. The Balaban J connectivity index is 1.89. The zero-order valence-electron chi connectivity index (χ0n) is 19.7. The number of hydrogen-bond acceptors (Lipinski definition) is 7. The Hall–Kier alpha value is -4.33. The summed E-state index contributed by atoms with van der Waals surface area (Å²) in [5.41, 5.74) is 1.70. The third kappa shape index (κ3) is 4.68. The fourth-order valence-electron chi connectivity index (χ4n) is 4.13. The largest absolute Gasteiger partial charge is 0.507 e. The molecule has 3 aromatic rings. The summed E-state index contributed by atoms with van der Waals surface area (Å²) in [6.07, 6.45) is 3.27. The van der Waals surface area contributed by atoms with Crippen LogP contribution in [0.4, 0.5) is 0 Å². The van der Waals surface area contributed by atoms with Crippen LogP contribution in [0.2, 0.25) is 0 Å². The van der Waals surface area contributed by atoms with E-state index in [4.69, 9.17) is 14.2 Å². The Morgan fingerprint density at radius 2 is 1.86 bits per heavy atom. The first-order valence-corrected chi connectivity index (χ1v) is 11.1. The van der Waals surface area contributed by atoms with Crippen LogP contribution in [0.15, 0.2) is 72.6 Å². The molecule has 1 N–H and O–H groups in total. The Kier molecular flexibility index (Phi) is 7.01. The van der Waals surface area contributed by atoms with Gasteiger partial charge in [0.2, 0.25) is 0 Å². The lowest BCUT2D eigenvalue weighted by Crippen LogP contribution is -2.29. The number of hydrogen-bond donors (Lipinski definition) is 1. The van der Waals surface area contributed by atoms with E-state index in [1.807, 2.05) is 13.0 Å². The highest BCUT2D eigenvalue weighted by atomic mass is 16.5. The number of methoxy groups -OCH3 is 2. The summed E-state index contributed by atoms with van der Waals surface area (Å²) in [7, 11) is 3.03. The molecule has 8 heteroatoms. The SMILES string of the molecule is CCOc1ccc(C2/C(=C(\O)c3cccc(OC)c3)C(=O)C(=O)N2Cc2cccnc2)cc1OC. The molecule has 0 spiro atoms. The number of carbonyl (C=O) groups is 2. The molecule has 1 atom stereocenters. The minimum atomic E-state index is -0.856. The molecule has 1 unspecified atom stereocenters. The number of amides is 1. The number of rotatable bonds is 8. The zero-order valence-corrected chi connectivity index (χ0v) is 19.7. The number of benzene rings is 2. The lowest BCUT2D eigenvalue weighted by molar-refractivity contribution is -0.140. The van der Waals surface area contributed by atoms with Crippen molar-refractivity contribution in [2.24, 2.45) is 0 Å². The van der Waals surface area contributed by atoms with Crippen LogP contribution in [0.25, 0.3) is 5.76 Å². The summed E-state index contributed by atoms with van der Waals surface area (Å²) in [4.78, 5) is 32.0. The molecule has 0 aliphatic carbocycles. The van der Waals surface area contributed by atoms with Crippen molar-refractivity contribution in [3.05, 3.63) is 89.3 Å². The number of aliphatic hydroxyl groups excluding tert-OH is 1. The molecule has 2 aromatic carbocycles. The average molecular weight is 475 g/mol. The Morgan fingerprint density at radius 1 is 1.03 bits per heavy atom. The van der Waals surface area contributed by atoms with Gasteiger partial charge in [0.05, 0.1) is 32.4 Å². The van der Waals surface area contributed by atoms with Crippen LogP contribution >= 0.6 is 0 Å². The van der Waals surface area contributed by atoms with Gasteiger partial charge in [-0.05, 0) is 48.4 Å². The Morgan fingerprint density at radius 3 is 2.54 bits per heavy atom. The van der Waals surface area contributed by atoms with E-state index < -0.39 is 17.7 Å². The van der Waals surface area contributed by atoms with Gasteiger partial charge in [0.1, 0.15) is 11.5 Å². The molecule has 1 saturated heterocycles. The minimum Gasteiger partial charge on any atom is -0.507 e. The number of likely N-dealkylation sites (tertiary alicyclic amines) is 1. The second-order valence-corrected chi connectivity index (χ2v) is 7.86. The van der Waals surface area contributed by atoms with E-state index in [9.17, 15) is 14.7 Å². The predicted octanol–water partition coefficient (Wildman–Crippen LogP) is 4.12. The summed E-state index contributed by atoms with van der Waals surface area (Å²) in [6.45, 7) is 2.45. The van der Waals surface area contributed by atoms with Crippen LogP contribution in [-0.2, 0) is 16.1 Å². The van der Waals surface area contributed by atoms with Gasteiger partial charge in [-0.2, -0.15) is 0 Å². The number of aromatic nitrogens is 1. The molecule has 1 aliphatic rings. The standard InChI is InChI=1S/C27H26N2O6/c1-4-35-21-11-10-18(14-22(21)34-3)24-23(25(30)19-8-5-9-20(13-19)33-2)26(31)27(32)29(24)16-17-7-6-12-28-15-17/h5-15,24,30H,4,16H2,1-3H3/b25-23+. The van der Waals surface area contributed by atoms with Crippen molar-refractivity contribution in [3.63, 3.8) is 0 Å². The van der Waals surface area contributed by atoms with Gasteiger partial charge in [0, 0.05) is 24.5 Å². The van der Waals surface area contributed by atoms with Crippen molar-refractivity contribution in [2.75, 3.05) is 20.8 Å². The molecule has 35 heavy (non-hydrogen) atoms. The molecule has 0 bridgehead atoms. The van der Waals surface area contributed by atoms with Crippen molar-refractivity contribution in [1.82, 2.24) is 9.88 Å². The van der Waals surface area contributed by atoms with Crippen molar-refractivity contribution < 1.29 is 28.9 Å². The van der Waals surface area contributed by atoms with Gasteiger partial charge in [-0.15, -0.1) is 0 Å². The number of Topliss-reactive ketones (excluding diaryl/α,β-unsaturated/α-hetero) is 1. The molecule has 1 fully saturated rings. The van der Waals surface area contributed by atoms with Crippen molar-refractivity contribution in [3.8, 4) is 17.2 Å². The first kappa shape index (κ1) is 23.8. The van der Waals surface area contributed by atoms with E-state index in [1.54, 1.807) is 60.9 Å². The summed E-state index contributed by atoms with van der Waals surface area (Å²) < 4.78 is 16.4. The van der Waals surface area contributed by atoms with Crippen LogP contribution in [0.5, 0.6) is 17.2 Å². The van der Waals surface area contributed by atoms with Gasteiger partial charge in [-0.25, -0.2) is 0 Å². The monoisotopic (exact) mass is 474 g/mol. The molecule has 8 nitrogen and oxygen atoms in total. The van der Waals surface area contributed by atoms with Gasteiger partial charge in [0.25, 0.3) is 11.7 Å². The molecule has 180 valence electrons. The highest BCUT2D eigenvalue weighted by Crippen LogP contribution is 2.42. The first-order valence-electron chi connectivity index (χ1n) is 11.1. The third-order valence-electron chi connectivity index (χ3n) is 5.76. The van der Waals surface area contributed by atoms with E-state index in [1.165, 1.54) is 19.1 Å². The molecule has 1 aromatic heterocycles. The highest BCUT2D eigenvalue weighted by Gasteiger charge is 2.46. The maximum atomic E-state index is 13.3. The molecule has 0 saturated carbocycles. The molecule has 0 radical (unpaired) electrons. The van der Waals surface area contributed by atoms with Crippen LogP contribution in [0, 0.1) is 0 Å². The third-order valence-corrected chi connectivity index (χ3v) is 5.76. The minimum absolute atomic E-state index is 0.0154. The number of ether oxygens (including phenoxy) is 3. The van der Waals surface area contributed by atoms with Gasteiger partial charge in [-0.3, -0.25) is 14.6 Å². The van der Waals surface area contributed by atoms with Crippen molar-refractivity contribution in [1.29, 1.82) is 0 Å². The van der Waals surface area contributed by atoms with Crippen LogP contribution < -0.4 is 14.2 Å². The normalized spacial score (nSPS) is 16.9. The predicted molar refractivity (Wildman–Crippen MR) is 129 cm³/mol. The maximum Gasteiger partial charge on any atom is 0.295 e. The van der Waals surface area contributed by atoms with E-state index in [0.29, 0.717) is 35.0 Å². The number of ketones is 1. The highest BCUT2D eigenvalue weighted by molar-refractivity contribution is 6.46. The van der Waals surface area contributed by atoms with Gasteiger partial charge >= 0.3 is 0 Å². The van der Waals surface area contributed by atoms with Crippen LogP contribution in [0.3, 0.4) is 0 Å². The van der Waals surface area contributed by atoms with Crippen molar-refractivity contribution in [2.45, 2.75) is 19.5 Å². The molecule has 4 rings (SSSR count). The molecule has 1 amide bonds. The topological polar surface area (TPSA) is 98.2 Å². The summed E-state index contributed by atoms with van der Waals surface area (Å²) in [5.74, 6) is -0.261. The van der Waals surface area contributed by atoms with E-state index in [-0.39, 0.29) is 17.9 Å². The number of nitrogens with zero attached hydrogens (tertiary/aromatic N) is 2. The van der Waals surface area contributed by atoms with E-state index >= 15 is 0 Å². The second-order valence-electron chi connectivity index (χ2n) is 7.86. The van der Waals surface area contributed by atoms with Gasteiger partial charge in [0.15, 0.2) is 11.5 Å². The summed E-state index contributed by atoms with van der Waals surface area (Å²) in [6, 6.07) is 14.6. The molecular weight excluding hydrogens is 448 g/mol. The van der Waals surface area contributed by atoms with Crippen LogP contribution in [0.1, 0.15) is 29.7 Å². The maximum absolute atomic E-state index is 13.3. The lowest BCUT2D eigenvalue weighted by Gasteiger charge is -2.26. The molecular formula is C27H26N2O6. The number of aliphatic hydroxyl groups is 1. The van der Waals surface area contributed by atoms with Gasteiger partial charge in [-0.1, -0.05) is 24.3 Å². The second kappa shape index (κ2) is 10.3. The fraction of sp³-hybridized carbons (Fsp3) is 0.222.